The molecule has 0 radical (unpaired) electrons. The van der Waals surface area contributed by atoms with Crippen LogP contribution in [0.4, 0.5) is 18.9 Å². The fourth-order valence-corrected chi connectivity index (χ4v) is 3.53. The lowest BCUT2D eigenvalue weighted by Crippen LogP contribution is -2.14. The fourth-order valence-electron chi connectivity index (χ4n) is 3.53. The molecule has 0 aliphatic heterocycles. The molecule has 0 unspecified atom stereocenters. The molecule has 3 aromatic rings. The molecule has 1 amide bonds. The van der Waals surface area contributed by atoms with Gasteiger partial charge in [-0.05, 0) is 49.9 Å². The van der Waals surface area contributed by atoms with Crippen LogP contribution >= 0.6 is 0 Å². The van der Waals surface area contributed by atoms with Crippen molar-refractivity contribution in [1.82, 2.24) is 19.7 Å². The summed E-state index contributed by atoms with van der Waals surface area (Å²) in [6, 6.07) is 6.53. The van der Waals surface area contributed by atoms with Crippen molar-refractivity contribution in [2.24, 2.45) is 0 Å². The van der Waals surface area contributed by atoms with E-state index in [-0.39, 0.29) is 18.0 Å². The third-order valence-corrected chi connectivity index (χ3v) is 4.84. The van der Waals surface area contributed by atoms with Crippen LogP contribution in [-0.2, 0) is 25.6 Å². The van der Waals surface area contributed by atoms with Crippen LogP contribution in [0.25, 0.3) is 0 Å². The second kappa shape index (κ2) is 7.65. The Morgan fingerprint density at radius 2 is 2.00 bits per heavy atom. The van der Waals surface area contributed by atoms with Gasteiger partial charge >= 0.3 is 6.18 Å². The molecule has 6 nitrogen and oxygen atoms in total. The molecule has 0 atom stereocenters. The predicted molar refractivity (Wildman–Crippen MR) is 99.4 cm³/mol. The molecular formula is C20H18F3N5O. The van der Waals surface area contributed by atoms with E-state index in [4.69, 9.17) is 0 Å². The molecule has 1 aliphatic rings. The van der Waals surface area contributed by atoms with Crippen molar-refractivity contribution in [3.63, 3.8) is 0 Å². The van der Waals surface area contributed by atoms with E-state index in [1.165, 1.54) is 17.1 Å². The zero-order valence-corrected chi connectivity index (χ0v) is 15.4. The van der Waals surface area contributed by atoms with Crippen molar-refractivity contribution < 1.29 is 18.0 Å². The molecule has 0 saturated carbocycles. The Hall–Kier alpha value is -3.23. The minimum absolute atomic E-state index is 0.0758. The highest BCUT2D eigenvalue weighted by Gasteiger charge is 2.39. The molecule has 1 aliphatic carbocycles. The highest BCUT2D eigenvalue weighted by molar-refractivity contribution is 6.04. The van der Waals surface area contributed by atoms with Crippen molar-refractivity contribution in [3.05, 3.63) is 71.1 Å². The van der Waals surface area contributed by atoms with E-state index in [0.29, 0.717) is 35.5 Å². The first-order chi connectivity index (χ1) is 13.9. The Kier molecular flexibility index (Phi) is 5.04. The standard InChI is InChI=1S/C20H18F3N5O/c21-20(22,23)18-16-5-1-2-6-17(16)28(27-18)12-15-10-13(7-9-25-15)19(29)26-14-4-3-8-24-11-14/h3-4,7-11H,1-2,5-6,12H2,(H,26,29). The van der Waals surface area contributed by atoms with Crippen molar-refractivity contribution >= 4 is 11.6 Å². The van der Waals surface area contributed by atoms with E-state index in [0.717, 1.165) is 12.8 Å². The Morgan fingerprint density at radius 3 is 2.76 bits per heavy atom. The number of nitrogens with zero attached hydrogens (tertiary/aromatic N) is 4. The summed E-state index contributed by atoms with van der Waals surface area (Å²) in [4.78, 5) is 20.6. The summed E-state index contributed by atoms with van der Waals surface area (Å²) in [5, 5.41) is 6.57. The topological polar surface area (TPSA) is 72.7 Å². The number of nitrogens with one attached hydrogen (secondary N) is 1. The van der Waals surface area contributed by atoms with Crippen molar-refractivity contribution in [2.75, 3.05) is 5.32 Å². The van der Waals surface area contributed by atoms with Crippen LogP contribution in [0, 0.1) is 0 Å². The van der Waals surface area contributed by atoms with E-state index in [1.54, 1.807) is 30.5 Å². The van der Waals surface area contributed by atoms with Crippen molar-refractivity contribution in [1.29, 1.82) is 0 Å². The summed E-state index contributed by atoms with van der Waals surface area (Å²) in [6.07, 6.45) is 2.60. The Balaban J connectivity index is 1.59. The Bertz CT molecular complexity index is 1030. The van der Waals surface area contributed by atoms with E-state index in [2.05, 4.69) is 20.4 Å². The number of anilines is 1. The molecule has 0 bridgehead atoms. The van der Waals surface area contributed by atoms with Gasteiger partial charge in [-0.2, -0.15) is 18.3 Å². The number of amides is 1. The van der Waals surface area contributed by atoms with E-state index < -0.39 is 11.9 Å². The van der Waals surface area contributed by atoms with Gasteiger partial charge in [0.1, 0.15) is 0 Å². The largest absolute Gasteiger partial charge is 0.435 e. The molecule has 3 aromatic heterocycles. The maximum Gasteiger partial charge on any atom is 0.435 e. The number of halogens is 3. The quantitative estimate of drug-likeness (QED) is 0.720. The normalized spacial score (nSPS) is 13.8. The summed E-state index contributed by atoms with van der Waals surface area (Å²) in [7, 11) is 0. The monoisotopic (exact) mass is 401 g/mol. The first-order valence-corrected chi connectivity index (χ1v) is 9.24. The summed E-state index contributed by atoms with van der Waals surface area (Å²) >= 11 is 0. The van der Waals surface area contributed by atoms with Crippen LogP contribution in [0.1, 0.15) is 45.8 Å². The van der Waals surface area contributed by atoms with E-state index >= 15 is 0 Å². The number of alkyl halides is 3. The highest BCUT2D eigenvalue weighted by Crippen LogP contribution is 2.36. The molecule has 1 N–H and O–H groups in total. The Morgan fingerprint density at radius 1 is 1.17 bits per heavy atom. The van der Waals surface area contributed by atoms with Crippen LogP contribution in [0.3, 0.4) is 0 Å². The predicted octanol–water partition coefficient (Wildman–Crippen LogP) is 3.87. The van der Waals surface area contributed by atoms with Gasteiger partial charge in [0.2, 0.25) is 0 Å². The number of rotatable bonds is 4. The van der Waals surface area contributed by atoms with E-state index in [9.17, 15) is 18.0 Å². The van der Waals surface area contributed by atoms with Crippen LogP contribution in [0.2, 0.25) is 0 Å². The maximum absolute atomic E-state index is 13.4. The number of pyridine rings is 2. The van der Waals surface area contributed by atoms with Gasteiger partial charge in [0.05, 0.1) is 24.1 Å². The van der Waals surface area contributed by atoms with Gasteiger partial charge in [-0.25, -0.2) is 0 Å². The molecule has 0 spiro atoms. The number of carbonyl (C=O) groups is 1. The van der Waals surface area contributed by atoms with Gasteiger partial charge in [0.15, 0.2) is 5.69 Å². The average Bonchev–Trinajstić information content (AvgIpc) is 3.08. The molecule has 0 fully saturated rings. The summed E-state index contributed by atoms with van der Waals surface area (Å²) in [5.74, 6) is -0.347. The minimum atomic E-state index is -4.48. The first kappa shape index (κ1) is 19.1. The average molecular weight is 401 g/mol. The van der Waals surface area contributed by atoms with Gasteiger partial charge in [0, 0.05) is 29.2 Å². The fraction of sp³-hybridized carbons (Fsp3) is 0.300. The SMILES string of the molecule is O=C(Nc1cccnc1)c1ccnc(Cn2nc(C(F)(F)F)c3c2CCCC3)c1. The maximum atomic E-state index is 13.4. The van der Waals surface area contributed by atoms with Gasteiger partial charge in [-0.15, -0.1) is 0 Å². The number of carbonyl (C=O) groups excluding carboxylic acids is 1. The summed E-state index contributed by atoms with van der Waals surface area (Å²) in [6.45, 7) is 0.0758. The molecule has 0 saturated heterocycles. The summed E-state index contributed by atoms with van der Waals surface area (Å²) in [5.41, 5.74) is 1.46. The summed E-state index contributed by atoms with van der Waals surface area (Å²) < 4.78 is 41.4. The van der Waals surface area contributed by atoms with Crippen LogP contribution in [0.15, 0.2) is 42.9 Å². The number of aromatic nitrogens is 4. The zero-order valence-electron chi connectivity index (χ0n) is 15.4. The lowest BCUT2D eigenvalue weighted by molar-refractivity contribution is -0.142. The third kappa shape index (κ3) is 4.13. The first-order valence-electron chi connectivity index (χ1n) is 9.24. The second-order valence-corrected chi connectivity index (χ2v) is 6.87. The van der Waals surface area contributed by atoms with Crippen LogP contribution in [0.5, 0.6) is 0 Å². The smallest absolute Gasteiger partial charge is 0.321 e. The van der Waals surface area contributed by atoms with Crippen LogP contribution in [-0.4, -0.2) is 25.7 Å². The Labute approximate surface area is 164 Å². The van der Waals surface area contributed by atoms with Gasteiger partial charge in [-0.1, -0.05) is 0 Å². The van der Waals surface area contributed by atoms with Crippen molar-refractivity contribution in [2.45, 2.75) is 38.4 Å². The third-order valence-electron chi connectivity index (χ3n) is 4.84. The van der Waals surface area contributed by atoms with Crippen molar-refractivity contribution in [3.8, 4) is 0 Å². The minimum Gasteiger partial charge on any atom is -0.321 e. The van der Waals surface area contributed by atoms with E-state index in [1.807, 2.05) is 0 Å². The highest BCUT2D eigenvalue weighted by atomic mass is 19.4. The second-order valence-electron chi connectivity index (χ2n) is 6.87. The van der Waals surface area contributed by atoms with Gasteiger partial charge in [-0.3, -0.25) is 19.4 Å². The molecule has 0 aromatic carbocycles. The lowest BCUT2D eigenvalue weighted by Gasteiger charge is -2.14. The molecule has 3 heterocycles. The number of hydrogen-bond acceptors (Lipinski definition) is 4. The van der Waals surface area contributed by atoms with Gasteiger partial charge < -0.3 is 5.32 Å². The molecule has 150 valence electrons. The molecule has 4 rings (SSSR count). The molecule has 9 heteroatoms. The molecular weight excluding hydrogens is 383 g/mol. The number of fused-ring (bicyclic) bond motifs is 1. The zero-order chi connectivity index (χ0) is 20.4. The lowest BCUT2D eigenvalue weighted by atomic mass is 9.95. The number of hydrogen-bond donors (Lipinski definition) is 1. The molecule has 29 heavy (non-hydrogen) atoms. The van der Waals surface area contributed by atoms with Gasteiger partial charge in [0.25, 0.3) is 5.91 Å². The van der Waals surface area contributed by atoms with Crippen LogP contribution < -0.4 is 5.32 Å².